The second-order valence-corrected chi connectivity index (χ2v) is 7.16. The number of allylic oxidation sites excluding steroid dienone is 4. The predicted molar refractivity (Wildman–Crippen MR) is 119 cm³/mol. The zero-order valence-corrected chi connectivity index (χ0v) is 16.8. The molecule has 6 nitrogen and oxygen atoms in total. The maximum absolute atomic E-state index is 4.67. The monoisotopic (exact) mass is 384 g/mol. The lowest BCUT2D eigenvalue weighted by Crippen LogP contribution is -2.20. The predicted octanol–water partition coefficient (Wildman–Crippen LogP) is 4.97. The summed E-state index contributed by atoms with van der Waals surface area (Å²) in [6.07, 6.45) is 9.56. The standard InChI is InChI=1S/C23H24N6/c1-5-15(11-17(6-2)25-14(3)4)16-7-8-19-18(12-16)22(29-28-19)23-26-20-9-10-24-13-21(20)27-23/h5-14,25H,2H2,1,3-4H3,(H,26,27)(H,28,29)/b15-5+,17-11+. The van der Waals surface area contributed by atoms with Gasteiger partial charge in [-0.15, -0.1) is 0 Å². The Balaban J connectivity index is 1.78. The summed E-state index contributed by atoms with van der Waals surface area (Å²) in [6, 6.07) is 8.50. The Morgan fingerprint density at radius 3 is 2.79 bits per heavy atom. The Morgan fingerprint density at radius 2 is 2.07 bits per heavy atom. The van der Waals surface area contributed by atoms with Crippen LogP contribution in [0.4, 0.5) is 0 Å². The van der Waals surface area contributed by atoms with Crippen molar-refractivity contribution in [1.82, 2.24) is 30.5 Å². The van der Waals surface area contributed by atoms with E-state index in [0.29, 0.717) is 6.04 Å². The Labute approximate surface area is 169 Å². The highest BCUT2D eigenvalue weighted by Gasteiger charge is 2.14. The highest BCUT2D eigenvalue weighted by atomic mass is 15.1. The SMILES string of the molecule is C=C/C(=C\C(=C/C)c1ccc2[nH]nc(-c3nc4ccncc4[nH]3)c2c1)NC(C)C. The number of nitrogens with one attached hydrogen (secondary N) is 3. The molecular weight excluding hydrogens is 360 g/mol. The molecule has 0 amide bonds. The van der Waals surface area contributed by atoms with E-state index in [4.69, 9.17) is 0 Å². The highest BCUT2D eigenvalue weighted by molar-refractivity contribution is 5.95. The van der Waals surface area contributed by atoms with E-state index < -0.39 is 0 Å². The maximum atomic E-state index is 4.67. The number of aromatic nitrogens is 5. The molecular formula is C23H24N6. The smallest absolute Gasteiger partial charge is 0.159 e. The molecule has 0 aliphatic carbocycles. The molecule has 0 atom stereocenters. The number of nitrogens with zero attached hydrogens (tertiary/aromatic N) is 3. The molecule has 0 unspecified atom stereocenters. The van der Waals surface area contributed by atoms with Crippen LogP contribution in [0, 0.1) is 0 Å². The second kappa shape index (κ2) is 7.75. The molecule has 146 valence electrons. The van der Waals surface area contributed by atoms with Crippen molar-refractivity contribution in [2.24, 2.45) is 0 Å². The van der Waals surface area contributed by atoms with Gasteiger partial charge in [0.25, 0.3) is 0 Å². The average molecular weight is 384 g/mol. The molecule has 0 spiro atoms. The normalized spacial score (nSPS) is 12.8. The van der Waals surface area contributed by atoms with Crippen LogP contribution in [0.15, 0.2) is 67.2 Å². The van der Waals surface area contributed by atoms with Gasteiger partial charge in [-0.2, -0.15) is 5.10 Å². The lowest BCUT2D eigenvalue weighted by atomic mass is 10.0. The van der Waals surface area contributed by atoms with Crippen LogP contribution in [0.2, 0.25) is 0 Å². The Bertz CT molecular complexity index is 1210. The van der Waals surface area contributed by atoms with E-state index in [0.717, 1.165) is 50.3 Å². The van der Waals surface area contributed by atoms with E-state index in [-0.39, 0.29) is 0 Å². The summed E-state index contributed by atoms with van der Waals surface area (Å²) in [7, 11) is 0. The van der Waals surface area contributed by atoms with Crippen molar-refractivity contribution in [3.8, 4) is 11.5 Å². The van der Waals surface area contributed by atoms with E-state index in [9.17, 15) is 0 Å². The van der Waals surface area contributed by atoms with Gasteiger partial charge in [0.15, 0.2) is 5.82 Å². The van der Waals surface area contributed by atoms with Gasteiger partial charge in [-0.3, -0.25) is 10.1 Å². The van der Waals surface area contributed by atoms with Crippen LogP contribution < -0.4 is 5.32 Å². The first-order valence-electron chi connectivity index (χ1n) is 9.64. The van der Waals surface area contributed by atoms with Crippen LogP contribution in [0.1, 0.15) is 26.3 Å². The van der Waals surface area contributed by atoms with Gasteiger partial charge in [0.05, 0.1) is 22.7 Å². The third-order valence-electron chi connectivity index (χ3n) is 4.70. The van der Waals surface area contributed by atoms with Gasteiger partial charge in [0.1, 0.15) is 5.69 Å². The number of aromatic amines is 2. The van der Waals surface area contributed by atoms with Gasteiger partial charge in [0.2, 0.25) is 0 Å². The molecule has 4 rings (SSSR count). The minimum absolute atomic E-state index is 0.336. The summed E-state index contributed by atoms with van der Waals surface area (Å²) in [5, 5.41) is 12.0. The molecule has 6 heteroatoms. The molecule has 0 aliphatic rings. The topological polar surface area (TPSA) is 82.3 Å². The van der Waals surface area contributed by atoms with E-state index in [1.165, 1.54) is 0 Å². The van der Waals surface area contributed by atoms with Gasteiger partial charge in [-0.1, -0.05) is 18.7 Å². The average Bonchev–Trinajstić information content (AvgIpc) is 3.33. The minimum Gasteiger partial charge on any atom is -0.383 e. The Hall–Kier alpha value is -3.67. The third-order valence-corrected chi connectivity index (χ3v) is 4.70. The van der Waals surface area contributed by atoms with Crippen LogP contribution in [0.25, 0.3) is 39.0 Å². The number of fused-ring (bicyclic) bond motifs is 2. The Kier molecular flexibility index (Phi) is 4.99. The zero-order chi connectivity index (χ0) is 20.4. The van der Waals surface area contributed by atoms with E-state index >= 15 is 0 Å². The lowest BCUT2D eigenvalue weighted by molar-refractivity contribution is 0.682. The molecule has 4 aromatic rings. The molecule has 1 aromatic carbocycles. The molecule has 0 fully saturated rings. The molecule has 3 heterocycles. The first-order valence-corrected chi connectivity index (χ1v) is 9.64. The van der Waals surface area contributed by atoms with Crippen LogP contribution in [0.3, 0.4) is 0 Å². The number of rotatable bonds is 6. The van der Waals surface area contributed by atoms with Crippen molar-refractivity contribution in [1.29, 1.82) is 0 Å². The summed E-state index contributed by atoms with van der Waals surface area (Å²) >= 11 is 0. The number of H-pyrrole nitrogens is 2. The van der Waals surface area contributed by atoms with Gasteiger partial charge < -0.3 is 10.3 Å². The number of hydrogen-bond acceptors (Lipinski definition) is 4. The van der Waals surface area contributed by atoms with Crippen molar-refractivity contribution in [3.63, 3.8) is 0 Å². The molecule has 3 aromatic heterocycles. The summed E-state index contributed by atoms with van der Waals surface area (Å²) in [6.45, 7) is 10.2. The number of pyridine rings is 1. The van der Waals surface area contributed by atoms with Crippen LogP contribution in [-0.4, -0.2) is 31.2 Å². The van der Waals surface area contributed by atoms with Crippen molar-refractivity contribution >= 4 is 27.5 Å². The summed E-state index contributed by atoms with van der Waals surface area (Å²) < 4.78 is 0. The van der Waals surface area contributed by atoms with Gasteiger partial charge in [-0.25, -0.2) is 4.98 Å². The molecule has 0 saturated carbocycles. The van der Waals surface area contributed by atoms with Crippen molar-refractivity contribution < 1.29 is 0 Å². The quantitative estimate of drug-likeness (QED) is 0.410. The van der Waals surface area contributed by atoms with Crippen molar-refractivity contribution in [2.45, 2.75) is 26.8 Å². The number of hydrogen-bond donors (Lipinski definition) is 3. The molecule has 0 bridgehead atoms. The largest absolute Gasteiger partial charge is 0.383 e. The molecule has 0 saturated heterocycles. The minimum atomic E-state index is 0.336. The van der Waals surface area contributed by atoms with E-state index in [2.05, 4.69) is 75.2 Å². The molecule has 0 radical (unpaired) electrons. The first kappa shape index (κ1) is 18.7. The van der Waals surface area contributed by atoms with Crippen LogP contribution in [-0.2, 0) is 0 Å². The number of imidazole rings is 1. The van der Waals surface area contributed by atoms with E-state index in [1.54, 1.807) is 12.4 Å². The number of benzene rings is 1. The fourth-order valence-corrected chi connectivity index (χ4v) is 3.34. The zero-order valence-electron chi connectivity index (χ0n) is 16.8. The molecule has 29 heavy (non-hydrogen) atoms. The van der Waals surface area contributed by atoms with Crippen LogP contribution in [0.5, 0.6) is 0 Å². The first-order chi connectivity index (χ1) is 14.1. The fraction of sp³-hybridized carbons (Fsp3) is 0.174. The Morgan fingerprint density at radius 1 is 1.21 bits per heavy atom. The molecule has 3 N–H and O–H groups in total. The van der Waals surface area contributed by atoms with Gasteiger partial charge in [-0.05, 0) is 62.3 Å². The van der Waals surface area contributed by atoms with Crippen LogP contribution >= 0.6 is 0 Å². The van der Waals surface area contributed by atoms with E-state index in [1.807, 2.05) is 25.1 Å². The van der Waals surface area contributed by atoms with Gasteiger partial charge >= 0.3 is 0 Å². The lowest BCUT2D eigenvalue weighted by Gasteiger charge is -2.12. The van der Waals surface area contributed by atoms with Crippen molar-refractivity contribution in [2.75, 3.05) is 0 Å². The van der Waals surface area contributed by atoms with Crippen molar-refractivity contribution in [3.05, 3.63) is 72.7 Å². The van der Waals surface area contributed by atoms with Gasteiger partial charge in [0, 0.05) is 23.3 Å². The highest BCUT2D eigenvalue weighted by Crippen LogP contribution is 2.29. The maximum Gasteiger partial charge on any atom is 0.159 e. The summed E-state index contributed by atoms with van der Waals surface area (Å²) in [5.74, 6) is 0.724. The second-order valence-electron chi connectivity index (χ2n) is 7.16. The summed E-state index contributed by atoms with van der Waals surface area (Å²) in [5.41, 5.74) is 6.72. The molecule has 0 aliphatic heterocycles. The summed E-state index contributed by atoms with van der Waals surface area (Å²) in [4.78, 5) is 12.1. The third kappa shape index (κ3) is 3.69. The fourth-order valence-electron chi connectivity index (χ4n) is 3.34.